The third-order valence-corrected chi connectivity index (χ3v) is 1.89. The van der Waals surface area contributed by atoms with Crippen molar-refractivity contribution >= 4 is 5.84 Å². The van der Waals surface area contributed by atoms with E-state index in [0.29, 0.717) is 0 Å². The minimum Gasteiger partial charge on any atom is -0.312 e. The summed E-state index contributed by atoms with van der Waals surface area (Å²) >= 11 is 0. The predicted molar refractivity (Wildman–Crippen MR) is 55.6 cm³/mol. The molecule has 0 bridgehead atoms. The van der Waals surface area contributed by atoms with Crippen LogP contribution in [0.25, 0.3) is 0 Å². The van der Waals surface area contributed by atoms with Crippen LogP contribution in [0.2, 0.25) is 0 Å². The Morgan fingerprint density at radius 3 is 2.85 bits per heavy atom. The Morgan fingerprint density at radius 2 is 2.31 bits per heavy atom. The summed E-state index contributed by atoms with van der Waals surface area (Å²) in [7, 11) is 1.73. The summed E-state index contributed by atoms with van der Waals surface area (Å²) in [5.41, 5.74) is 5.05. The van der Waals surface area contributed by atoms with Crippen molar-refractivity contribution < 1.29 is 0 Å². The normalized spacial score (nSPS) is 11.5. The van der Waals surface area contributed by atoms with Crippen LogP contribution in [0.5, 0.6) is 0 Å². The fourth-order valence-electron chi connectivity index (χ4n) is 1.21. The Hall–Kier alpha value is -1.35. The van der Waals surface area contributed by atoms with Crippen LogP contribution in [-0.2, 0) is 6.42 Å². The molecule has 0 aromatic heterocycles. The average molecular weight is 177 g/mol. The van der Waals surface area contributed by atoms with E-state index in [4.69, 9.17) is 5.84 Å². The van der Waals surface area contributed by atoms with Gasteiger partial charge in [0.1, 0.15) is 5.84 Å². The number of nitrogens with one attached hydrogen (secondary N) is 1. The molecule has 1 aromatic rings. The second-order valence-electron chi connectivity index (χ2n) is 2.98. The van der Waals surface area contributed by atoms with Crippen molar-refractivity contribution in [3.63, 3.8) is 0 Å². The van der Waals surface area contributed by atoms with Gasteiger partial charge in [0.25, 0.3) is 0 Å². The highest BCUT2D eigenvalue weighted by Gasteiger charge is 1.97. The summed E-state index contributed by atoms with van der Waals surface area (Å²) in [4.78, 5) is 4.01. The Morgan fingerprint density at radius 1 is 1.54 bits per heavy atom. The van der Waals surface area contributed by atoms with Crippen LogP contribution < -0.4 is 11.3 Å². The molecule has 0 fully saturated rings. The minimum absolute atomic E-state index is 0.759. The Labute approximate surface area is 78.6 Å². The van der Waals surface area contributed by atoms with Crippen LogP contribution in [0, 0.1) is 6.92 Å². The van der Waals surface area contributed by atoms with E-state index in [2.05, 4.69) is 35.5 Å². The lowest BCUT2D eigenvalue weighted by Crippen LogP contribution is -2.31. The van der Waals surface area contributed by atoms with Crippen molar-refractivity contribution in [3.8, 4) is 0 Å². The zero-order valence-electron chi connectivity index (χ0n) is 8.04. The summed E-state index contributed by atoms with van der Waals surface area (Å²) < 4.78 is 0. The van der Waals surface area contributed by atoms with Gasteiger partial charge in [-0.3, -0.25) is 4.99 Å². The molecule has 3 heteroatoms. The Balaban J connectivity index is 2.74. The molecule has 70 valence electrons. The average Bonchev–Trinajstić information content (AvgIpc) is 2.14. The first-order chi connectivity index (χ1) is 6.26. The van der Waals surface area contributed by atoms with Gasteiger partial charge in [-0.1, -0.05) is 29.8 Å². The predicted octanol–water partition coefficient (Wildman–Crippen LogP) is 1.03. The number of amidine groups is 1. The fraction of sp³-hybridized carbons (Fsp3) is 0.300. The van der Waals surface area contributed by atoms with Gasteiger partial charge in [-0.15, -0.1) is 0 Å². The topological polar surface area (TPSA) is 50.4 Å². The molecule has 3 N–H and O–H groups in total. The van der Waals surface area contributed by atoms with E-state index < -0.39 is 0 Å². The lowest BCUT2D eigenvalue weighted by Gasteiger charge is -2.04. The largest absolute Gasteiger partial charge is 0.312 e. The zero-order chi connectivity index (χ0) is 9.68. The first kappa shape index (κ1) is 9.74. The van der Waals surface area contributed by atoms with Gasteiger partial charge in [0, 0.05) is 13.5 Å². The summed E-state index contributed by atoms with van der Waals surface area (Å²) in [6.45, 7) is 2.07. The number of aliphatic imine (C=N–C) groups is 1. The number of nitrogens with two attached hydrogens (primary N) is 1. The lowest BCUT2D eigenvalue weighted by atomic mass is 10.1. The van der Waals surface area contributed by atoms with Crippen LogP contribution in [0.15, 0.2) is 29.3 Å². The summed E-state index contributed by atoms with van der Waals surface area (Å²) in [6, 6.07) is 8.30. The van der Waals surface area contributed by atoms with E-state index in [-0.39, 0.29) is 0 Å². The van der Waals surface area contributed by atoms with Crippen molar-refractivity contribution in [1.82, 2.24) is 5.43 Å². The van der Waals surface area contributed by atoms with Crippen LogP contribution in [0.3, 0.4) is 0 Å². The van der Waals surface area contributed by atoms with E-state index in [1.807, 2.05) is 6.07 Å². The molecular weight excluding hydrogens is 162 g/mol. The van der Waals surface area contributed by atoms with Crippen molar-refractivity contribution in [2.45, 2.75) is 13.3 Å². The van der Waals surface area contributed by atoms with Crippen molar-refractivity contribution in [2.24, 2.45) is 10.8 Å². The van der Waals surface area contributed by atoms with Gasteiger partial charge in [-0.25, -0.2) is 5.84 Å². The SMILES string of the molecule is CN=C(Cc1cccc(C)c1)NN. The number of hydrazine groups is 1. The molecule has 0 spiro atoms. The van der Waals surface area contributed by atoms with E-state index in [1.54, 1.807) is 7.05 Å². The van der Waals surface area contributed by atoms with Crippen molar-refractivity contribution in [2.75, 3.05) is 7.05 Å². The van der Waals surface area contributed by atoms with Gasteiger partial charge in [0.05, 0.1) is 0 Å². The molecule has 0 radical (unpaired) electrons. The first-order valence-electron chi connectivity index (χ1n) is 4.24. The second kappa shape index (κ2) is 4.62. The fourth-order valence-corrected chi connectivity index (χ4v) is 1.21. The maximum atomic E-state index is 5.29. The highest BCUT2D eigenvalue weighted by atomic mass is 15.2. The zero-order valence-corrected chi connectivity index (χ0v) is 8.04. The number of benzene rings is 1. The molecular formula is C10H15N3. The van der Waals surface area contributed by atoms with Gasteiger partial charge in [-0.2, -0.15) is 0 Å². The van der Waals surface area contributed by atoms with Crippen LogP contribution >= 0.6 is 0 Å². The molecule has 3 nitrogen and oxygen atoms in total. The van der Waals surface area contributed by atoms with E-state index >= 15 is 0 Å². The lowest BCUT2D eigenvalue weighted by molar-refractivity contribution is 0.981. The molecule has 0 amide bonds. The minimum atomic E-state index is 0.759. The molecule has 0 aliphatic carbocycles. The van der Waals surface area contributed by atoms with Gasteiger partial charge >= 0.3 is 0 Å². The van der Waals surface area contributed by atoms with E-state index in [1.165, 1.54) is 11.1 Å². The molecule has 1 aromatic carbocycles. The van der Waals surface area contributed by atoms with E-state index in [0.717, 1.165) is 12.3 Å². The van der Waals surface area contributed by atoms with E-state index in [9.17, 15) is 0 Å². The van der Waals surface area contributed by atoms with Gasteiger partial charge in [-0.05, 0) is 12.5 Å². The van der Waals surface area contributed by atoms with Gasteiger partial charge < -0.3 is 5.43 Å². The molecule has 0 heterocycles. The number of nitrogens with zero attached hydrogens (tertiary/aromatic N) is 1. The standard InChI is InChI=1S/C10H15N3/c1-8-4-3-5-9(6-8)7-10(12-2)13-11/h3-6H,7,11H2,1-2H3,(H,12,13). The quantitative estimate of drug-likeness (QED) is 0.307. The highest BCUT2D eigenvalue weighted by Crippen LogP contribution is 2.04. The first-order valence-corrected chi connectivity index (χ1v) is 4.24. The maximum absolute atomic E-state index is 5.29. The van der Waals surface area contributed by atoms with Crippen molar-refractivity contribution in [1.29, 1.82) is 0 Å². The second-order valence-corrected chi connectivity index (χ2v) is 2.98. The maximum Gasteiger partial charge on any atom is 0.114 e. The third kappa shape index (κ3) is 2.87. The molecule has 0 atom stereocenters. The third-order valence-electron chi connectivity index (χ3n) is 1.89. The van der Waals surface area contributed by atoms with Gasteiger partial charge in [0.15, 0.2) is 0 Å². The molecule has 0 aliphatic rings. The summed E-state index contributed by atoms with van der Waals surface area (Å²) in [5, 5.41) is 0. The Kier molecular flexibility index (Phi) is 3.46. The molecule has 0 unspecified atom stereocenters. The molecule has 0 saturated carbocycles. The number of rotatable bonds is 2. The smallest absolute Gasteiger partial charge is 0.114 e. The van der Waals surface area contributed by atoms with Crippen LogP contribution in [0.4, 0.5) is 0 Å². The monoisotopic (exact) mass is 177 g/mol. The number of hydrogen-bond acceptors (Lipinski definition) is 2. The molecule has 0 aliphatic heterocycles. The van der Waals surface area contributed by atoms with Crippen molar-refractivity contribution in [3.05, 3.63) is 35.4 Å². The summed E-state index contributed by atoms with van der Waals surface area (Å²) in [6.07, 6.45) is 0.759. The Bertz CT molecular complexity index is 305. The molecule has 0 saturated heterocycles. The van der Waals surface area contributed by atoms with Gasteiger partial charge in [0.2, 0.25) is 0 Å². The highest BCUT2D eigenvalue weighted by molar-refractivity contribution is 5.83. The number of aryl methyl sites for hydroxylation is 1. The molecule has 13 heavy (non-hydrogen) atoms. The van der Waals surface area contributed by atoms with Crippen LogP contribution in [-0.4, -0.2) is 12.9 Å². The molecule has 1 rings (SSSR count). The van der Waals surface area contributed by atoms with Crippen LogP contribution in [0.1, 0.15) is 11.1 Å². The number of hydrogen-bond donors (Lipinski definition) is 2. The summed E-state index contributed by atoms with van der Waals surface area (Å²) in [5.74, 6) is 6.09.